The van der Waals surface area contributed by atoms with E-state index in [1.165, 1.54) is 0 Å². The minimum Gasteiger partial charge on any atom is -0.493 e. The number of rotatable bonds is 7. The van der Waals surface area contributed by atoms with Gasteiger partial charge in [-0.25, -0.2) is 0 Å². The molecule has 0 atom stereocenters. The number of nitrogen functional groups attached to an aromatic ring is 1. The Labute approximate surface area is 105 Å². The topological polar surface area (TPSA) is 61.5 Å². The number of esters is 1. The van der Waals surface area contributed by atoms with E-state index in [1.54, 1.807) is 30.0 Å². The Bertz CT molecular complexity index is 357. The molecule has 0 saturated carbocycles. The van der Waals surface area contributed by atoms with E-state index in [0.29, 0.717) is 24.7 Å². The highest BCUT2D eigenvalue weighted by atomic mass is 32.2. The predicted octanol–water partition coefficient (Wildman–Crippen LogP) is 1.94. The van der Waals surface area contributed by atoms with Gasteiger partial charge in [0.2, 0.25) is 0 Å². The quantitative estimate of drug-likeness (QED) is 0.458. The van der Waals surface area contributed by atoms with E-state index < -0.39 is 0 Å². The van der Waals surface area contributed by atoms with E-state index in [0.717, 1.165) is 5.75 Å². The first kappa shape index (κ1) is 13.7. The Morgan fingerprint density at radius 3 is 2.94 bits per heavy atom. The van der Waals surface area contributed by atoms with Crippen LogP contribution < -0.4 is 10.5 Å². The molecule has 0 aliphatic heterocycles. The zero-order valence-corrected chi connectivity index (χ0v) is 10.7. The van der Waals surface area contributed by atoms with Crippen molar-refractivity contribution >= 4 is 23.4 Å². The average Bonchev–Trinajstić information content (AvgIpc) is 2.29. The standard InChI is InChI=1S/C12H17NO3S/c1-17-8-7-16-12(14)5-6-15-11-4-2-3-10(13)9-11/h2-4,9H,5-8,13H2,1H3. The van der Waals surface area contributed by atoms with Crippen molar-refractivity contribution in [2.45, 2.75) is 6.42 Å². The molecule has 2 N–H and O–H groups in total. The fraction of sp³-hybridized carbons (Fsp3) is 0.417. The van der Waals surface area contributed by atoms with Gasteiger partial charge in [0.1, 0.15) is 12.4 Å². The summed E-state index contributed by atoms with van der Waals surface area (Å²) in [5.74, 6) is 1.26. The molecule has 0 heterocycles. The van der Waals surface area contributed by atoms with E-state index in [9.17, 15) is 4.79 Å². The number of anilines is 1. The van der Waals surface area contributed by atoms with E-state index >= 15 is 0 Å². The zero-order chi connectivity index (χ0) is 12.5. The fourth-order valence-corrected chi connectivity index (χ4v) is 1.42. The zero-order valence-electron chi connectivity index (χ0n) is 9.85. The molecule has 0 fully saturated rings. The van der Waals surface area contributed by atoms with Gasteiger partial charge in [0, 0.05) is 17.5 Å². The van der Waals surface area contributed by atoms with Crippen LogP contribution in [0.3, 0.4) is 0 Å². The third kappa shape index (κ3) is 6.06. The lowest BCUT2D eigenvalue weighted by atomic mass is 10.3. The lowest BCUT2D eigenvalue weighted by Gasteiger charge is -2.06. The molecule has 17 heavy (non-hydrogen) atoms. The molecule has 0 amide bonds. The van der Waals surface area contributed by atoms with Crippen molar-refractivity contribution in [3.05, 3.63) is 24.3 Å². The first-order valence-electron chi connectivity index (χ1n) is 5.35. The number of hydrogen-bond acceptors (Lipinski definition) is 5. The van der Waals surface area contributed by atoms with Crippen LogP contribution in [0.1, 0.15) is 6.42 Å². The lowest BCUT2D eigenvalue weighted by Crippen LogP contribution is -2.11. The molecule has 0 aliphatic rings. The predicted molar refractivity (Wildman–Crippen MR) is 70.3 cm³/mol. The Hall–Kier alpha value is -1.36. The number of hydrogen-bond donors (Lipinski definition) is 1. The van der Waals surface area contributed by atoms with Gasteiger partial charge in [0.25, 0.3) is 0 Å². The van der Waals surface area contributed by atoms with Crippen molar-refractivity contribution in [2.75, 3.05) is 31.0 Å². The Morgan fingerprint density at radius 1 is 1.41 bits per heavy atom. The van der Waals surface area contributed by atoms with Crippen LogP contribution in [-0.2, 0) is 9.53 Å². The van der Waals surface area contributed by atoms with Crippen LogP contribution in [0.2, 0.25) is 0 Å². The maximum Gasteiger partial charge on any atom is 0.309 e. The Kier molecular flexibility index (Phi) is 6.32. The molecule has 5 heteroatoms. The molecular weight excluding hydrogens is 238 g/mol. The monoisotopic (exact) mass is 255 g/mol. The summed E-state index contributed by atoms with van der Waals surface area (Å²) in [4.78, 5) is 11.2. The summed E-state index contributed by atoms with van der Waals surface area (Å²) in [7, 11) is 0. The van der Waals surface area contributed by atoms with Gasteiger partial charge in [-0.3, -0.25) is 4.79 Å². The van der Waals surface area contributed by atoms with Gasteiger partial charge in [-0.1, -0.05) is 6.07 Å². The van der Waals surface area contributed by atoms with Crippen molar-refractivity contribution in [3.63, 3.8) is 0 Å². The highest BCUT2D eigenvalue weighted by Crippen LogP contribution is 2.14. The molecular formula is C12H17NO3S. The van der Waals surface area contributed by atoms with Crippen molar-refractivity contribution < 1.29 is 14.3 Å². The van der Waals surface area contributed by atoms with Crippen LogP contribution in [0.5, 0.6) is 5.75 Å². The van der Waals surface area contributed by atoms with Crippen molar-refractivity contribution in [2.24, 2.45) is 0 Å². The van der Waals surface area contributed by atoms with Crippen LogP contribution in [0, 0.1) is 0 Å². The van der Waals surface area contributed by atoms with Crippen molar-refractivity contribution in [1.82, 2.24) is 0 Å². The SMILES string of the molecule is CSCCOC(=O)CCOc1cccc(N)c1. The van der Waals surface area contributed by atoms with Gasteiger partial charge in [-0.05, 0) is 18.4 Å². The van der Waals surface area contributed by atoms with E-state index in [4.69, 9.17) is 15.2 Å². The van der Waals surface area contributed by atoms with Crippen LogP contribution in [0.25, 0.3) is 0 Å². The third-order valence-corrected chi connectivity index (χ3v) is 2.56. The molecule has 0 saturated heterocycles. The number of benzene rings is 1. The number of carbonyl (C=O) groups excluding carboxylic acids is 1. The van der Waals surface area contributed by atoms with Crippen molar-refractivity contribution in [1.29, 1.82) is 0 Å². The maximum atomic E-state index is 11.2. The summed E-state index contributed by atoms with van der Waals surface area (Å²) in [5.41, 5.74) is 6.24. The normalized spacial score (nSPS) is 9.94. The molecule has 4 nitrogen and oxygen atoms in total. The van der Waals surface area contributed by atoms with Crippen LogP contribution in [-0.4, -0.2) is 31.2 Å². The molecule has 0 radical (unpaired) electrons. The molecule has 1 aromatic carbocycles. The fourth-order valence-electron chi connectivity index (χ4n) is 1.17. The first-order chi connectivity index (χ1) is 8.22. The summed E-state index contributed by atoms with van der Waals surface area (Å²) >= 11 is 1.64. The second kappa shape index (κ2) is 7.84. The minimum absolute atomic E-state index is 0.233. The Morgan fingerprint density at radius 2 is 2.24 bits per heavy atom. The van der Waals surface area contributed by atoms with Gasteiger partial charge in [-0.2, -0.15) is 11.8 Å². The van der Waals surface area contributed by atoms with Gasteiger partial charge < -0.3 is 15.2 Å². The summed E-state index contributed by atoms with van der Waals surface area (Å²) in [6.07, 6.45) is 2.22. The average molecular weight is 255 g/mol. The summed E-state index contributed by atoms with van der Waals surface area (Å²) in [5, 5.41) is 0. The molecule has 0 unspecified atom stereocenters. The van der Waals surface area contributed by atoms with E-state index in [2.05, 4.69) is 0 Å². The van der Waals surface area contributed by atoms with Gasteiger partial charge >= 0.3 is 5.97 Å². The molecule has 0 aliphatic carbocycles. The minimum atomic E-state index is -0.233. The molecule has 0 aromatic heterocycles. The van der Waals surface area contributed by atoms with E-state index in [-0.39, 0.29) is 12.4 Å². The lowest BCUT2D eigenvalue weighted by molar-refractivity contribution is -0.143. The smallest absolute Gasteiger partial charge is 0.309 e. The highest BCUT2D eigenvalue weighted by molar-refractivity contribution is 7.98. The van der Waals surface area contributed by atoms with Crippen LogP contribution in [0.15, 0.2) is 24.3 Å². The summed E-state index contributed by atoms with van der Waals surface area (Å²) in [6, 6.07) is 7.11. The first-order valence-corrected chi connectivity index (χ1v) is 6.74. The number of carbonyl (C=O) groups is 1. The molecule has 0 bridgehead atoms. The summed E-state index contributed by atoms with van der Waals surface area (Å²) in [6.45, 7) is 0.764. The highest BCUT2D eigenvalue weighted by Gasteiger charge is 2.03. The number of nitrogens with two attached hydrogens (primary N) is 1. The van der Waals surface area contributed by atoms with Crippen LogP contribution >= 0.6 is 11.8 Å². The van der Waals surface area contributed by atoms with E-state index in [1.807, 2.05) is 12.3 Å². The summed E-state index contributed by atoms with van der Waals surface area (Å²) < 4.78 is 10.4. The second-order valence-corrected chi connectivity index (χ2v) is 4.37. The molecule has 1 aromatic rings. The van der Waals surface area contributed by atoms with Crippen LogP contribution in [0.4, 0.5) is 5.69 Å². The largest absolute Gasteiger partial charge is 0.493 e. The Balaban J connectivity index is 2.17. The van der Waals surface area contributed by atoms with Crippen molar-refractivity contribution in [3.8, 4) is 5.75 Å². The molecule has 1 rings (SSSR count). The second-order valence-electron chi connectivity index (χ2n) is 3.38. The van der Waals surface area contributed by atoms with Gasteiger partial charge in [0.15, 0.2) is 0 Å². The molecule has 94 valence electrons. The number of thioether (sulfide) groups is 1. The van der Waals surface area contributed by atoms with Gasteiger partial charge in [0.05, 0.1) is 13.0 Å². The third-order valence-electron chi connectivity index (χ3n) is 1.98. The maximum absolute atomic E-state index is 11.2. The van der Waals surface area contributed by atoms with Gasteiger partial charge in [-0.15, -0.1) is 0 Å². The number of ether oxygens (including phenoxy) is 2. The molecule has 0 spiro atoms.